The van der Waals surface area contributed by atoms with Crippen LogP contribution in [-0.4, -0.2) is 10.8 Å². The molecule has 3 rings (SSSR count). The molecule has 2 aromatic carbocycles. The number of fused-ring (bicyclic) bond motifs is 1. The standard InChI is InChI=1S/C16H15NOS/c1-16(2)17(13-10-6-7-11-14(13)19-16)15(18)12-8-4-3-5-9-12/h3-11H,1-2H3. The number of hydrogen-bond donors (Lipinski definition) is 0. The van der Waals surface area contributed by atoms with Gasteiger partial charge in [0, 0.05) is 10.5 Å². The van der Waals surface area contributed by atoms with Crippen LogP contribution in [0.3, 0.4) is 0 Å². The van der Waals surface area contributed by atoms with Gasteiger partial charge in [-0.25, -0.2) is 0 Å². The van der Waals surface area contributed by atoms with Gasteiger partial charge in [0.25, 0.3) is 5.91 Å². The van der Waals surface area contributed by atoms with Crippen LogP contribution in [0, 0.1) is 0 Å². The molecule has 3 heteroatoms. The van der Waals surface area contributed by atoms with Crippen LogP contribution in [0.1, 0.15) is 24.2 Å². The maximum absolute atomic E-state index is 12.7. The van der Waals surface area contributed by atoms with Crippen molar-refractivity contribution in [3.8, 4) is 0 Å². The first kappa shape index (κ1) is 12.3. The topological polar surface area (TPSA) is 20.3 Å². The minimum Gasteiger partial charge on any atom is -0.292 e. The third kappa shape index (κ3) is 2.04. The molecule has 1 aliphatic rings. The van der Waals surface area contributed by atoms with Gasteiger partial charge in [0.2, 0.25) is 0 Å². The largest absolute Gasteiger partial charge is 0.292 e. The average Bonchev–Trinajstić information content (AvgIpc) is 2.68. The molecule has 0 saturated heterocycles. The Morgan fingerprint density at radius 1 is 1.00 bits per heavy atom. The molecule has 19 heavy (non-hydrogen) atoms. The van der Waals surface area contributed by atoms with Gasteiger partial charge >= 0.3 is 0 Å². The van der Waals surface area contributed by atoms with Gasteiger partial charge in [0.1, 0.15) is 0 Å². The van der Waals surface area contributed by atoms with E-state index in [-0.39, 0.29) is 10.8 Å². The van der Waals surface area contributed by atoms with E-state index in [1.54, 1.807) is 11.8 Å². The Balaban J connectivity index is 2.06. The number of thioether (sulfide) groups is 1. The zero-order chi connectivity index (χ0) is 13.5. The highest BCUT2D eigenvalue weighted by molar-refractivity contribution is 8.01. The number of benzene rings is 2. The number of rotatable bonds is 1. The van der Waals surface area contributed by atoms with E-state index < -0.39 is 0 Å². The molecule has 2 aromatic rings. The molecule has 1 amide bonds. The van der Waals surface area contributed by atoms with Crippen molar-refractivity contribution in [3.63, 3.8) is 0 Å². The lowest BCUT2D eigenvalue weighted by Gasteiger charge is -2.31. The number of carbonyl (C=O) groups excluding carboxylic acids is 1. The van der Waals surface area contributed by atoms with Gasteiger partial charge in [-0.2, -0.15) is 0 Å². The molecule has 0 saturated carbocycles. The van der Waals surface area contributed by atoms with Crippen molar-refractivity contribution in [2.24, 2.45) is 0 Å². The Bertz CT molecular complexity index is 622. The van der Waals surface area contributed by atoms with Crippen molar-refractivity contribution in [1.29, 1.82) is 0 Å². The predicted molar refractivity (Wildman–Crippen MR) is 79.6 cm³/mol. The molecule has 0 radical (unpaired) electrons. The van der Waals surface area contributed by atoms with Crippen LogP contribution in [0.25, 0.3) is 0 Å². The van der Waals surface area contributed by atoms with Crippen LogP contribution in [0.5, 0.6) is 0 Å². The molecule has 0 aromatic heterocycles. The Labute approximate surface area is 117 Å². The first-order chi connectivity index (χ1) is 9.09. The summed E-state index contributed by atoms with van der Waals surface area (Å²) in [5.74, 6) is 0.0584. The zero-order valence-electron chi connectivity index (χ0n) is 11.0. The minimum absolute atomic E-state index is 0.0584. The predicted octanol–water partition coefficient (Wildman–Crippen LogP) is 4.18. The lowest BCUT2D eigenvalue weighted by molar-refractivity contribution is 0.0977. The number of nitrogens with zero attached hydrogens (tertiary/aromatic N) is 1. The van der Waals surface area contributed by atoms with Gasteiger partial charge in [-0.3, -0.25) is 9.69 Å². The molecular weight excluding hydrogens is 254 g/mol. The molecule has 0 aliphatic carbocycles. The smallest absolute Gasteiger partial charge is 0.259 e. The van der Waals surface area contributed by atoms with Gasteiger partial charge < -0.3 is 0 Å². The summed E-state index contributed by atoms with van der Waals surface area (Å²) in [5, 5.41) is 0. The quantitative estimate of drug-likeness (QED) is 0.774. The van der Waals surface area contributed by atoms with E-state index in [0.29, 0.717) is 0 Å². The molecule has 1 aliphatic heterocycles. The van der Waals surface area contributed by atoms with Gasteiger partial charge in [-0.1, -0.05) is 42.1 Å². The Kier molecular flexibility index (Phi) is 2.86. The van der Waals surface area contributed by atoms with Crippen LogP contribution in [0.4, 0.5) is 5.69 Å². The van der Waals surface area contributed by atoms with E-state index in [9.17, 15) is 4.79 Å². The minimum atomic E-state index is -0.253. The summed E-state index contributed by atoms with van der Waals surface area (Å²) < 4.78 is 0. The number of hydrogen-bond acceptors (Lipinski definition) is 2. The average molecular weight is 269 g/mol. The van der Waals surface area contributed by atoms with E-state index in [1.165, 1.54) is 0 Å². The molecule has 96 valence electrons. The monoisotopic (exact) mass is 269 g/mol. The van der Waals surface area contributed by atoms with Crippen molar-refractivity contribution in [3.05, 3.63) is 60.2 Å². The van der Waals surface area contributed by atoms with E-state index in [4.69, 9.17) is 0 Å². The molecule has 0 unspecified atom stereocenters. The van der Waals surface area contributed by atoms with Crippen LogP contribution in [0.2, 0.25) is 0 Å². The summed E-state index contributed by atoms with van der Waals surface area (Å²) in [7, 11) is 0. The van der Waals surface area contributed by atoms with E-state index in [1.807, 2.05) is 53.4 Å². The first-order valence-corrected chi connectivity index (χ1v) is 7.09. The number of anilines is 1. The maximum atomic E-state index is 12.7. The Morgan fingerprint density at radius 2 is 1.63 bits per heavy atom. The first-order valence-electron chi connectivity index (χ1n) is 6.27. The molecule has 0 bridgehead atoms. The van der Waals surface area contributed by atoms with Crippen molar-refractivity contribution in [2.75, 3.05) is 4.90 Å². The molecule has 0 spiro atoms. The summed E-state index contributed by atoms with van der Waals surface area (Å²) >= 11 is 1.73. The molecule has 1 heterocycles. The number of carbonyl (C=O) groups is 1. The summed E-state index contributed by atoms with van der Waals surface area (Å²) in [4.78, 5) is 15.5. The number of para-hydroxylation sites is 1. The normalized spacial score (nSPS) is 16.2. The summed E-state index contributed by atoms with van der Waals surface area (Å²) in [6.07, 6.45) is 0. The van der Waals surface area contributed by atoms with Crippen LogP contribution in [0.15, 0.2) is 59.5 Å². The van der Waals surface area contributed by atoms with Gasteiger partial charge in [-0.05, 0) is 38.1 Å². The molecule has 2 nitrogen and oxygen atoms in total. The fourth-order valence-corrected chi connectivity index (χ4v) is 3.62. The van der Waals surface area contributed by atoms with E-state index in [0.717, 1.165) is 16.1 Å². The van der Waals surface area contributed by atoms with Crippen LogP contribution in [-0.2, 0) is 0 Å². The molecular formula is C16H15NOS. The second-order valence-electron chi connectivity index (χ2n) is 5.02. The summed E-state index contributed by atoms with van der Waals surface area (Å²) in [6.45, 7) is 4.16. The fourth-order valence-electron chi connectivity index (χ4n) is 2.40. The van der Waals surface area contributed by atoms with E-state index >= 15 is 0 Å². The second-order valence-corrected chi connectivity index (χ2v) is 6.67. The van der Waals surface area contributed by atoms with Gasteiger partial charge in [0.15, 0.2) is 0 Å². The van der Waals surface area contributed by atoms with Crippen LogP contribution < -0.4 is 4.90 Å². The van der Waals surface area contributed by atoms with Crippen molar-refractivity contribution >= 4 is 23.4 Å². The lowest BCUT2D eigenvalue weighted by Crippen LogP contribution is -2.42. The molecule has 0 fully saturated rings. The molecule has 0 atom stereocenters. The Morgan fingerprint density at radius 3 is 2.37 bits per heavy atom. The zero-order valence-corrected chi connectivity index (χ0v) is 11.8. The second kappa shape index (κ2) is 4.42. The third-order valence-electron chi connectivity index (χ3n) is 3.23. The highest BCUT2D eigenvalue weighted by Crippen LogP contribution is 2.50. The van der Waals surface area contributed by atoms with Crippen molar-refractivity contribution in [2.45, 2.75) is 23.6 Å². The third-order valence-corrected chi connectivity index (χ3v) is 4.48. The summed E-state index contributed by atoms with van der Waals surface area (Å²) in [5.41, 5.74) is 1.74. The molecule has 0 N–H and O–H groups in total. The fraction of sp³-hybridized carbons (Fsp3) is 0.188. The lowest BCUT2D eigenvalue weighted by atomic mass is 10.1. The summed E-state index contributed by atoms with van der Waals surface area (Å²) in [6, 6.07) is 17.5. The van der Waals surface area contributed by atoms with Crippen molar-refractivity contribution in [1.82, 2.24) is 0 Å². The number of amides is 1. The maximum Gasteiger partial charge on any atom is 0.259 e. The highest BCUT2D eigenvalue weighted by Gasteiger charge is 2.40. The Hall–Kier alpha value is -1.74. The highest BCUT2D eigenvalue weighted by atomic mass is 32.2. The van der Waals surface area contributed by atoms with E-state index in [2.05, 4.69) is 19.9 Å². The SMILES string of the molecule is CC1(C)Sc2ccccc2N1C(=O)c1ccccc1. The van der Waals surface area contributed by atoms with Gasteiger partial charge in [-0.15, -0.1) is 0 Å². The van der Waals surface area contributed by atoms with Crippen molar-refractivity contribution < 1.29 is 4.79 Å². The van der Waals surface area contributed by atoms with Gasteiger partial charge in [0.05, 0.1) is 10.6 Å². The van der Waals surface area contributed by atoms with Crippen LogP contribution >= 0.6 is 11.8 Å².